The summed E-state index contributed by atoms with van der Waals surface area (Å²) in [5.74, 6) is 0.601. The summed E-state index contributed by atoms with van der Waals surface area (Å²) < 4.78 is 1.76. The lowest BCUT2D eigenvalue weighted by molar-refractivity contribution is 0.375. The molecule has 0 aliphatic heterocycles. The van der Waals surface area contributed by atoms with E-state index in [-0.39, 0.29) is 5.56 Å². The molecule has 5 heteroatoms. The molecular formula is C15H26N4O. The summed E-state index contributed by atoms with van der Waals surface area (Å²) in [7, 11) is 0. The first-order valence-corrected chi connectivity index (χ1v) is 7.75. The number of rotatable bonds is 5. The lowest BCUT2D eigenvalue weighted by atomic mass is 9.91. The maximum atomic E-state index is 12.5. The van der Waals surface area contributed by atoms with E-state index < -0.39 is 0 Å². The Hall–Kier alpha value is -1.36. The van der Waals surface area contributed by atoms with E-state index in [1.807, 2.05) is 0 Å². The van der Waals surface area contributed by atoms with Gasteiger partial charge < -0.3 is 15.2 Å². The van der Waals surface area contributed by atoms with Gasteiger partial charge >= 0.3 is 0 Å². The van der Waals surface area contributed by atoms with Gasteiger partial charge in [-0.1, -0.05) is 6.92 Å². The standard InChI is InChI=1S/C15H26N4O/c1-3-10-18-11-9-17-14(15(18)20)19(4-2)13-7-5-12(16)6-8-13/h9,11-13H,3-8,10,16H2,1-2H3. The van der Waals surface area contributed by atoms with Crippen molar-refractivity contribution in [3.8, 4) is 0 Å². The summed E-state index contributed by atoms with van der Waals surface area (Å²) in [5.41, 5.74) is 6.00. The topological polar surface area (TPSA) is 64.2 Å². The number of aromatic nitrogens is 2. The van der Waals surface area contributed by atoms with Crippen molar-refractivity contribution in [3.05, 3.63) is 22.7 Å². The van der Waals surface area contributed by atoms with E-state index in [0.717, 1.165) is 45.2 Å². The molecule has 20 heavy (non-hydrogen) atoms. The summed E-state index contributed by atoms with van der Waals surface area (Å²) >= 11 is 0. The van der Waals surface area contributed by atoms with Crippen LogP contribution in [0.25, 0.3) is 0 Å². The zero-order valence-electron chi connectivity index (χ0n) is 12.6. The van der Waals surface area contributed by atoms with Gasteiger partial charge in [0.25, 0.3) is 5.56 Å². The van der Waals surface area contributed by atoms with Gasteiger partial charge in [-0.15, -0.1) is 0 Å². The van der Waals surface area contributed by atoms with Gasteiger partial charge in [-0.3, -0.25) is 4.79 Å². The van der Waals surface area contributed by atoms with E-state index in [4.69, 9.17) is 5.73 Å². The van der Waals surface area contributed by atoms with E-state index in [9.17, 15) is 4.79 Å². The normalized spacial score (nSPS) is 22.8. The fourth-order valence-electron chi connectivity index (χ4n) is 3.04. The summed E-state index contributed by atoms with van der Waals surface area (Å²) in [6.45, 7) is 5.74. The molecule has 0 aromatic carbocycles. The molecule has 1 aliphatic rings. The Bertz CT molecular complexity index is 477. The fourth-order valence-corrected chi connectivity index (χ4v) is 3.04. The first kappa shape index (κ1) is 15.0. The third-order valence-electron chi connectivity index (χ3n) is 4.15. The Morgan fingerprint density at radius 2 is 2.05 bits per heavy atom. The van der Waals surface area contributed by atoms with Crippen molar-refractivity contribution in [2.75, 3.05) is 11.4 Å². The quantitative estimate of drug-likeness (QED) is 0.891. The lowest BCUT2D eigenvalue weighted by Crippen LogP contribution is -2.44. The second-order valence-electron chi connectivity index (χ2n) is 5.60. The molecule has 0 spiro atoms. The highest BCUT2D eigenvalue weighted by atomic mass is 16.1. The fraction of sp³-hybridized carbons (Fsp3) is 0.733. The monoisotopic (exact) mass is 278 g/mol. The van der Waals surface area contributed by atoms with Crippen molar-refractivity contribution >= 4 is 5.82 Å². The average Bonchev–Trinajstić information content (AvgIpc) is 2.46. The van der Waals surface area contributed by atoms with Crippen LogP contribution < -0.4 is 16.2 Å². The Balaban J connectivity index is 2.23. The van der Waals surface area contributed by atoms with Crippen LogP contribution in [0, 0.1) is 0 Å². The molecule has 5 nitrogen and oxygen atoms in total. The van der Waals surface area contributed by atoms with Crippen LogP contribution in [0.2, 0.25) is 0 Å². The predicted octanol–water partition coefficient (Wildman–Crippen LogP) is 1.75. The van der Waals surface area contributed by atoms with E-state index >= 15 is 0 Å². The minimum atomic E-state index is 0.0334. The molecule has 0 amide bonds. The average molecular weight is 278 g/mol. The molecule has 0 bridgehead atoms. The number of nitrogens with two attached hydrogens (primary N) is 1. The van der Waals surface area contributed by atoms with Gasteiger partial charge in [0.05, 0.1) is 0 Å². The molecular weight excluding hydrogens is 252 g/mol. The van der Waals surface area contributed by atoms with Crippen LogP contribution in [0.3, 0.4) is 0 Å². The van der Waals surface area contributed by atoms with Crippen LogP contribution in [0.5, 0.6) is 0 Å². The SMILES string of the molecule is CCCn1ccnc(N(CC)C2CCC(N)CC2)c1=O. The largest absolute Gasteiger partial charge is 0.349 e. The number of anilines is 1. The summed E-state index contributed by atoms with van der Waals surface area (Å²) in [6.07, 6.45) is 8.66. The van der Waals surface area contributed by atoms with Crippen LogP contribution >= 0.6 is 0 Å². The number of nitrogens with zero attached hydrogens (tertiary/aromatic N) is 3. The van der Waals surface area contributed by atoms with E-state index in [0.29, 0.717) is 17.9 Å². The molecule has 2 rings (SSSR count). The molecule has 1 aromatic heterocycles. The molecule has 0 atom stereocenters. The summed E-state index contributed by atoms with van der Waals surface area (Å²) in [5, 5.41) is 0. The third kappa shape index (κ3) is 3.20. The van der Waals surface area contributed by atoms with Crippen LogP contribution in [0.4, 0.5) is 5.82 Å². The van der Waals surface area contributed by atoms with Crippen molar-refractivity contribution in [1.29, 1.82) is 0 Å². The van der Waals surface area contributed by atoms with Gasteiger partial charge in [0, 0.05) is 37.6 Å². The van der Waals surface area contributed by atoms with Crippen molar-refractivity contribution in [1.82, 2.24) is 9.55 Å². The van der Waals surface area contributed by atoms with Crippen LogP contribution in [0.15, 0.2) is 17.2 Å². The highest BCUT2D eigenvalue weighted by Crippen LogP contribution is 2.24. The molecule has 0 radical (unpaired) electrons. The number of hydrogen-bond acceptors (Lipinski definition) is 4. The minimum Gasteiger partial charge on any atom is -0.349 e. The molecule has 0 saturated heterocycles. The van der Waals surface area contributed by atoms with Gasteiger partial charge in [0.2, 0.25) is 0 Å². The maximum Gasteiger partial charge on any atom is 0.293 e. The molecule has 1 aromatic rings. The van der Waals surface area contributed by atoms with Gasteiger partial charge in [0.15, 0.2) is 5.82 Å². The van der Waals surface area contributed by atoms with Crippen LogP contribution in [-0.4, -0.2) is 28.2 Å². The van der Waals surface area contributed by atoms with Crippen LogP contribution in [0.1, 0.15) is 46.0 Å². The van der Waals surface area contributed by atoms with Gasteiger partial charge in [0.1, 0.15) is 0 Å². The van der Waals surface area contributed by atoms with Crippen LogP contribution in [-0.2, 0) is 6.54 Å². The zero-order valence-corrected chi connectivity index (χ0v) is 12.6. The lowest BCUT2D eigenvalue weighted by Gasteiger charge is -2.35. The first-order chi connectivity index (χ1) is 9.67. The van der Waals surface area contributed by atoms with E-state index in [1.54, 1.807) is 17.0 Å². The second-order valence-corrected chi connectivity index (χ2v) is 5.60. The molecule has 2 N–H and O–H groups in total. The highest BCUT2D eigenvalue weighted by molar-refractivity contribution is 5.37. The van der Waals surface area contributed by atoms with E-state index in [2.05, 4.69) is 23.7 Å². The van der Waals surface area contributed by atoms with Gasteiger partial charge in [-0.2, -0.15) is 0 Å². The van der Waals surface area contributed by atoms with Crippen molar-refractivity contribution in [2.45, 2.75) is 64.6 Å². The van der Waals surface area contributed by atoms with E-state index in [1.165, 1.54) is 0 Å². The van der Waals surface area contributed by atoms with Crippen molar-refractivity contribution in [3.63, 3.8) is 0 Å². The maximum absolute atomic E-state index is 12.5. The smallest absolute Gasteiger partial charge is 0.293 e. The molecule has 1 aliphatic carbocycles. The molecule has 1 saturated carbocycles. The van der Waals surface area contributed by atoms with Crippen molar-refractivity contribution in [2.24, 2.45) is 5.73 Å². The predicted molar refractivity (Wildman–Crippen MR) is 82.0 cm³/mol. The minimum absolute atomic E-state index is 0.0334. The molecule has 1 fully saturated rings. The van der Waals surface area contributed by atoms with Gasteiger partial charge in [-0.25, -0.2) is 4.98 Å². The Labute approximate surface area is 120 Å². The zero-order chi connectivity index (χ0) is 14.5. The Morgan fingerprint density at radius 1 is 1.35 bits per heavy atom. The highest BCUT2D eigenvalue weighted by Gasteiger charge is 2.26. The van der Waals surface area contributed by atoms with Gasteiger partial charge in [-0.05, 0) is 39.0 Å². The first-order valence-electron chi connectivity index (χ1n) is 7.75. The number of hydrogen-bond donors (Lipinski definition) is 1. The number of aryl methyl sites for hydroxylation is 1. The third-order valence-corrected chi connectivity index (χ3v) is 4.15. The molecule has 1 heterocycles. The molecule has 0 unspecified atom stereocenters. The van der Waals surface area contributed by atoms with Crippen molar-refractivity contribution < 1.29 is 0 Å². The summed E-state index contributed by atoms with van der Waals surface area (Å²) in [6, 6.07) is 0.725. The second kappa shape index (κ2) is 6.88. The Morgan fingerprint density at radius 3 is 2.65 bits per heavy atom. The molecule has 112 valence electrons. The Kier molecular flexibility index (Phi) is 5.17. The summed E-state index contributed by atoms with van der Waals surface area (Å²) in [4.78, 5) is 19.0.